The SMILES string of the molecule is C=Cc1cc(-c2ccc(C(=O)Nc3nc4cc(N(C)C(=O)c5ccccc5)ccc4n3CCCN3CCC[C@H]3C)s2)ccn1. The molecule has 0 aliphatic carbocycles. The number of carbonyl (C=O) groups excluding carboxylic acids is 2. The van der Waals surface area contributed by atoms with Crippen LogP contribution in [-0.4, -0.2) is 57.4 Å². The van der Waals surface area contributed by atoms with E-state index >= 15 is 0 Å². The monoisotopic (exact) mass is 604 g/mol. The van der Waals surface area contributed by atoms with Crippen molar-refractivity contribution in [2.24, 2.45) is 0 Å². The van der Waals surface area contributed by atoms with Gasteiger partial charge in [-0.25, -0.2) is 4.98 Å². The van der Waals surface area contributed by atoms with E-state index in [4.69, 9.17) is 4.98 Å². The molecule has 4 heterocycles. The summed E-state index contributed by atoms with van der Waals surface area (Å²) in [4.78, 5) is 41.5. The number of nitrogens with zero attached hydrogens (tertiary/aromatic N) is 5. The van der Waals surface area contributed by atoms with Crippen LogP contribution in [0.25, 0.3) is 27.6 Å². The Labute approximate surface area is 261 Å². The number of hydrogen-bond donors (Lipinski definition) is 1. The van der Waals surface area contributed by atoms with Gasteiger partial charge in [-0.1, -0.05) is 24.8 Å². The lowest BCUT2D eigenvalue weighted by atomic mass is 10.2. The first-order valence-corrected chi connectivity index (χ1v) is 15.8. The minimum atomic E-state index is -0.208. The molecule has 0 unspecified atom stereocenters. The number of aryl methyl sites for hydroxylation is 1. The van der Waals surface area contributed by atoms with Gasteiger partial charge in [0.05, 0.1) is 21.6 Å². The van der Waals surface area contributed by atoms with Crippen LogP contribution in [0.15, 0.2) is 85.6 Å². The number of likely N-dealkylation sites (tertiary alicyclic amines) is 1. The lowest BCUT2D eigenvalue weighted by molar-refractivity contribution is 0.0991. The van der Waals surface area contributed by atoms with Crippen molar-refractivity contribution in [1.82, 2.24) is 19.4 Å². The number of aromatic nitrogens is 3. The van der Waals surface area contributed by atoms with Gasteiger partial charge in [-0.15, -0.1) is 11.3 Å². The maximum Gasteiger partial charge on any atom is 0.268 e. The van der Waals surface area contributed by atoms with E-state index in [-0.39, 0.29) is 11.8 Å². The minimum Gasteiger partial charge on any atom is -0.311 e. The molecule has 0 saturated carbocycles. The highest BCUT2D eigenvalue weighted by atomic mass is 32.1. The number of nitrogens with one attached hydrogen (secondary N) is 1. The van der Waals surface area contributed by atoms with Crippen molar-refractivity contribution in [3.63, 3.8) is 0 Å². The van der Waals surface area contributed by atoms with Crippen LogP contribution in [0.5, 0.6) is 0 Å². The van der Waals surface area contributed by atoms with Crippen LogP contribution in [0, 0.1) is 0 Å². The number of pyridine rings is 1. The van der Waals surface area contributed by atoms with E-state index in [2.05, 4.69) is 33.3 Å². The van der Waals surface area contributed by atoms with Crippen molar-refractivity contribution < 1.29 is 9.59 Å². The number of hydrogen-bond acceptors (Lipinski definition) is 6. The van der Waals surface area contributed by atoms with Crippen LogP contribution < -0.4 is 10.2 Å². The van der Waals surface area contributed by atoms with E-state index in [0.29, 0.717) is 29.0 Å². The second kappa shape index (κ2) is 13.0. The molecule has 224 valence electrons. The fourth-order valence-electron chi connectivity index (χ4n) is 5.79. The predicted molar refractivity (Wildman–Crippen MR) is 179 cm³/mol. The Morgan fingerprint density at radius 2 is 1.93 bits per heavy atom. The van der Waals surface area contributed by atoms with Gasteiger partial charge in [0.1, 0.15) is 0 Å². The van der Waals surface area contributed by atoms with Crippen LogP contribution in [0.3, 0.4) is 0 Å². The normalized spacial score (nSPS) is 15.0. The second-order valence-corrected chi connectivity index (χ2v) is 12.2. The summed E-state index contributed by atoms with van der Waals surface area (Å²) in [5, 5.41) is 3.09. The van der Waals surface area contributed by atoms with E-state index < -0.39 is 0 Å². The maximum absolute atomic E-state index is 13.5. The molecule has 44 heavy (non-hydrogen) atoms. The zero-order chi connectivity index (χ0) is 30.6. The van der Waals surface area contributed by atoms with E-state index in [0.717, 1.165) is 52.4 Å². The molecule has 0 spiro atoms. The molecule has 6 rings (SSSR count). The molecule has 1 N–H and O–H groups in total. The number of rotatable bonds is 10. The highest BCUT2D eigenvalue weighted by molar-refractivity contribution is 7.17. The topological polar surface area (TPSA) is 83.4 Å². The highest BCUT2D eigenvalue weighted by Gasteiger charge is 2.22. The number of fused-ring (bicyclic) bond motifs is 1. The molecule has 1 fully saturated rings. The Balaban J connectivity index is 1.27. The largest absolute Gasteiger partial charge is 0.311 e. The third-order valence-corrected chi connectivity index (χ3v) is 9.43. The molecule has 1 aliphatic heterocycles. The van der Waals surface area contributed by atoms with Gasteiger partial charge in [0.15, 0.2) is 0 Å². The van der Waals surface area contributed by atoms with Crippen molar-refractivity contribution in [3.05, 3.63) is 102 Å². The molecule has 2 aromatic carbocycles. The summed E-state index contributed by atoms with van der Waals surface area (Å²) < 4.78 is 2.09. The molecule has 9 heteroatoms. The van der Waals surface area contributed by atoms with Gasteiger partial charge in [0, 0.05) is 48.5 Å². The second-order valence-electron chi connectivity index (χ2n) is 11.2. The Kier molecular flexibility index (Phi) is 8.67. The van der Waals surface area contributed by atoms with Gasteiger partial charge < -0.3 is 14.4 Å². The Morgan fingerprint density at radius 1 is 1.09 bits per heavy atom. The van der Waals surface area contributed by atoms with Gasteiger partial charge in [0.2, 0.25) is 5.95 Å². The van der Waals surface area contributed by atoms with Gasteiger partial charge >= 0.3 is 0 Å². The van der Waals surface area contributed by atoms with Crippen LogP contribution in [0.1, 0.15) is 51.9 Å². The first-order valence-electron chi connectivity index (χ1n) is 15.0. The van der Waals surface area contributed by atoms with Crippen LogP contribution in [-0.2, 0) is 6.54 Å². The summed E-state index contributed by atoms with van der Waals surface area (Å²) in [6.45, 7) is 8.93. The summed E-state index contributed by atoms with van der Waals surface area (Å²) in [6.07, 6.45) is 6.87. The Bertz CT molecular complexity index is 1810. The fourth-order valence-corrected chi connectivity index (χ4v) is 6.69. The molecule has 2 amide bonds. The van der Waals surface area contributed by atoms with Crippen molar-refractivity contribution >= 4 is 51.9 Å². The zero-order valence-electron chi connectivity index (χ0n) is 25.1. The van der Waals surface area contributed by atoms with Gasteiger partial charge in [-0.2, -0.15) is 0 Å². The Morgan fingerprint density at radius 3 is 2.70 bits per heavy atom. The van der Waals surface area contributed by atoms with Gasteiger partial charge in [-0.05, 0) is 99.0 Å². The summed E-state index contributed by atoms with van der Waals surface area (Å²) in [5.74, 6) is 0.197. The van der Waals surface area contributed by atoms with E-state index in [9.17, 15) is 9.59 Å². The number of thiophene rings is 1. The van der Waals surface area contributed by atoms with E-state index in [1.807, 2.05) is 72.8 Å². The third kappa shape index (κ3) is 6.20. The molecule has 1 atom stereocenters. The minimum absolute atomic E-state index is 0.0967. The number of benzene rings is 2. The maximum atomic E-state index is 13.5. The number of anilines is 2. The quantitative estimate of drug-likeness (QED) is 0.182. The van der Waals surface area contributed by atoms with Crippen LogP contribution >= 0.6 is 11.3 Å². The predicted octanol–water partition coefficient (Wildman–Crippen LogP) is 7.21. The standard InChI is InChI=1S/C35H36N6O2S/c1-4-27-22-26(17-18-36-27)31-15-16-32(44-31)33(42)38-35-37-29-23-28(39(3)34(43)25-11-6-5-7-12-25)13-14-30(29)41(35)21-9-20-40-19-8-10-24(40)2/h4-7,11-18,22-24H,1,8-10,19-21H2,2-3H3,(H,37,38,42)/t24-/m1/s1. The van der Waals surface area contributed by atoms with E-state index in [1.165, 1.54) is 24.2 Å². The summed E-state index contributed by atoms with van der Waals surface area (Å²) in [7, 11) is 1.77. The molecule has 3 aromatic heterocycles. The fraction of sp³-hybridized carbons (Fsp3) is 0.257. The average Bonchev–Trinajstić information content (AvgIpc) is 3.80. The molecule has 1 aliphatic rings. The molecule has 0 radical (unpaired) electrons. The number of carbonyl (C=O) groups is 2. The first kappa shape index (κ1) is 29.5. The van der Waals surface area contributed by atoms with Crippen molar-refractivity contribution in [3.8, 4) is 10.4 Å². The van der Waals surface area contributed by atoms with Crippen LogP contribution in [0.4, 0.5) is 11.6 Å². The molecule has 8 nitrogen and oxygen atoms in total. The summed E-state index contributed by atoms with van der Waals surface area (Å²) in [5.41, 5.74) is 4.77. The molecular formula is C35H36N6O2S. The molecule has 0 bridgehead atoms. The molecule has 5 aromatic rings. The Hall–Kier alpha value is -4.60. The number of imidazole rings is 1. The number of amides is 2. The van der Waals surface area contributed by atoms with Crippen LogP contribution in [0.2, 0.25) is 0 Å². The third-order valence-electron chi connectivity index (χ3n) is 8.29. The molecular weight excluding hydrogens is 568 g/mol. The lowest BCUT2D eigenvalue weighted by Gasteiger charge is -2.21. The summed E-state index contributed by atoms with van der Waals surface area (Å²) >= 11 is 1.43. The molecule has 1 saturated heterocycles. The summed E-state index contributed by atoms with van der Waals surface area (Å²) in [6, 6.07) is 23.3. The van der Waals surface area contributed by atoms with Crippen molar-refractivity contribution in [1.29, 1.82) is 0 Å². The lowest BCUT2D eigenvalue weighted by Crippen LogP contribution is -2.28. The van der Waals surface area contributed by atoms with Gasteiger partial charge in [0.25, 0.3) is 11.8 Å². The average molecular weight is 605 g/mol. The van der Waals surface area contributed by atoms with E-state index in [1.54, 1.807) is 24.2 Å². The highest BCUT2D eigenvalue weighted by Crippen LogP contribution is 2.30. The zero-order valence-corrected chi connectivity index (χ0v) is 25.9. The van der Waals surface area contributed by atoms with Gasteiger partial charge in [-0.3, -0.25) is 19.9 Å². The van der Waals surface area contributed by atoms with Crippen molar-refractivity contribution in [2.75, 3.05) is 30.4 Å². The first-order chi connectivity index (χ1) is 21.4. The smallest absolute Gasteiger partial charge is 0.268 e. The van der Waals surface area contributed by atoms with Crippen molar-refractivity contribution in [2.45, 2.75) is 38.8 Å².